The van der Waals surface area contributed by atoms with Gasteiger partial charge in [-0.05, 0) is 16.3 Å². The van der Waals surface area contributed by atoms with E-state index in [0.29, 0.717) is 10.2 Å². The van der Waals surface area contributed by atoms with Crippen LogP contribution < -0.4 is 0 Å². The standard InChI is InChI=1S/C15H10F3N3O/c16-15(17,18)14-13(9-22)19-20-21(14)8-11-6-3-5-10-4-1-2-7-12(10)11/h1-7,9H,8H2. The van der Waals surface area contributed by atoms with Gasteiger partial charge in [-0.2, -0.15) is 13.2 Å². The van der Waals surface area contributed by atoms with Crippen molar-refractivity contribution in [2.45, 2.75) is 12.7 Å². The lowest BCUT2D eigenvalue weighted by Crippen LogP contribution is -2.17. The van der Waals surface area contributed by atoms with Crippen LogP contribution in [0.5, 0.6) is 0 Å². The predicted octanol–water partition coefficient (Wildman–Crippen LogP) is 3.31. The first-order valence-corrected chi connectivity index (χ1v) is 6.43. The molecule has 0 amide bonds. The highest BCUT2D eigenvalue weighted by molar-refractivity contribution is 5.85. The van der Waals surface area contributed by atoms with Crippen LogP contribution in [-0.2, 0) is 12.7 Å². The predicted molar refractivity (Wildman–Crippen MR) is 73.5 cm³/mol. The maximum absolute atomic E-state index is 13.1. The number of carbonyl (C=O) groups excluding carboxylic acids is 1. The zero-order chi connectivity index (χ0) is 15.7. The lowest BCUT2D eigenvalue weighted by atomic mass is 10.0. The fraction of sp³-hybridized carbons (Fsp3) is 0.133. The van der Waals surface area contributed by atoms with Gasteiger partial charge in [0, 0.05) is 0 Å². The summed E-state index contributed by atoms with van der Waals surface area (Å²) in [5.74, 6) is 0. The molecule has 0 saturated carbocycles. The summed E-state index contributed by atoms with van der Waals surface area (Å²) in [6.07, 6.45) is -4.63. The van der Waals surface area contributed by atoms with E-state index in [1.165, 1.54) is 0 Å². The van der Waals surface area contributed by atoms with E-state index in [1.54, 1.807) is 12.1 Å². The number of halogens is 3. The third-order valence-corrected chi connectivity index (χ3v) is 3.34. The number of benzene rings is 2. The Morgan fingerprint density at radius 1 is 1.09 bits per heavy atom. The molecule has 3 rings (SSSR count). The molecule has 4 nitrogen and oxygen atoms in total. The van der Waals surface area contributed by atoms with Gasteiger partial charge in [-0.1, -0.05) is 47.7 Å². The molecule has 0 N–H and O–H groups in total. The second kappa shape index (κ2) is 5.25. The van der Waals surface area contributed by atoms with Gasteiger partial charge in [-0.15, -0.1) is 5.10 Å². The van der Waals surface area contributed by atoms with E-state index in [9.17, 15) is 18.0 Å². The number of fused-ring (bicyclic) bond motifs is 1. The highest BCUT2D eigenvalue weighted by atomic mass is 19.4. The van der Waals surface area contributed by atoms with Crippen LogP contribution in [0.4, 0.5) is 13.2 Å². The molecule has 0 unspecified atom stereocenters. The monoisotopic (exact) mass is 305 g/mol. The second-order valence-electron chi connectivity index (χ2n) is 4.73. The average molecular weight is 305 g/mol. The quantitative estimate of drug-likeness (QED) is 0.697. The minimum Gasteiger partial charge on any atom is -0.296 e. The largest absolute Gasteiger partial charge is 0.435 e. The number of alkyl halides is 3. The van der Waals surface area contributed by atoms with E-state index in [4.69, 9.17) is 0 Å². The third kappa shape index (κ3) is 2.45. The molecule has 1 aromatic heterocycles. The molecule has 0 spiro atoms. The molecule has 2 aromatic carbocycles. The van der Waals surface area contributed by atoms with E-state index < -0.39 is 17.6 Å². The molecule has 0 radical (unpaired) electrons. The van der Waals surface area contributed by atoms with Gasteiger partial charge in [0.2, 0.25) is 0 Å². The summed E-state index contributed by atoms with van der Waals surface area (Å²) in [6, 6.07) is 12.7. The van der Waals surface area contributed by atoms with Crippen LogP contribution in [0.15, 0.2) is 42.5 Å². The van der Waals surface area contributed by atoms with E-state index in [0.717, 1.165) is 10.8 Å². The van der Waals surface area contributed by atoms with Gasteiger partial charge < -0.3 is 0 Å². The Morgan fingerprint density at radius 3 is 2.55 bits per heavy atom. The Labute approximate surface area is 123 Å². The van der Waals surface area contributed by atoms with Crippen LogP contribution >= 0.6 is 0 Å². The van der Waals surface area contributed by atoms with Crippen molar-refractivity contribution in [2.24, 2.45) is 0 Å². The van der Waals surface area contributed by atoms with Crippen LogP contribution in [0.25, 0.3) is 10.8 Å². The van der Waals surface area contributed by atoms with Gasteiger partial charge in [0.25, 0.3) is 0 Å². The first kappa shape index (κ1) is 14.2. The summed E-state index contributed by atoms with van der Waals surface area (Å²) in [5.41, 5.74) is -1.16. The Kier molecular flexibility index (Phi) is 3.40. The van der Waals surface area contributed by atoms with Crippen LogP contribution in [0.3, 0.4) is 0 Å². The van der Waals surface area contributed by atoms with Crippen LogP contribution in [0, 0.1) is 0 Å². The van der Waals surface area contributed by atoms with Gasteiger partial charge >= 0.3 is 6.18 Å². The molecule has 0 aliphatic rings. The van der Waals surface area contributed by atoms with E-state index in [-0.39, 0.29) is 12.8 Å². The summed E-state index contributed by atoms with van der Waals surface area (Å²) in [6.45, 7) is -0.114. The number of nitrogens with zero attached hydrogens (tertiary/aromatic N) is 3. The lowest BCUT2D eigenvalue weighted by molar-refractivity contribution is -0.144. The SMILES string of the molecule is O=Cc1nnn(Cc2cccc3ccccc23)c1C(F)(F)F. The van der Waals surface area contributed by atoms with Gasteiger partial charge in [-0.25, -0.2) is 4.68 Å². The molecule has 112 valence electrons. The van der Waals surface area contributed by atoms with E-state index >= 15 is 0 Å². The molecule has 3 aromatic rings. The fourth-order valence-electron chi connectivity index (χ4n) is 2.40. The van der Waals surface area contributed by atoms with E-state index in [1.807, 2.05) is 30.3 Å². The molecule has 0 aliphatic heterocycles. The molecule has 22 heavy (non-hydrogen) atoms. The van der Waals surface area contributed by atoms with Gasteiger partial charge in [0.15, 0.2) is 17.7 Å². The summed E-state index contributed by atoms with van der Waals surface area (Å²) in [4.78, 5) is 10.7. The average Bonchev–Trinajstić information content (AvgIpc) is 2.90. The van der Waals surface area contributed by atoms with Crippen molar-refractivity contribution in [1.29, 1.82) is 0 Å². The highest BCUT2D eigenvalue weighted by Gasteiger charge is 2.39. The number of hydrogen-bond acceptors (Lipinski definition) is 3. The number of carbonyl (C=O) groups is 1. The molecular formula is C15H10F3N3O. The molecule has 1 heterocycles. The fourth-order valence-corrected chi connectivity index (χ4v) is 2.40. The second-order valence-corrected chi connectivity index (χ2v) is 4.73. The number of rotatable bonds is 3. The van der Waals surface area contributed by atoms with Crippen LogP contribution in [0.1, 0.15) is 21.7 Å². The zero-order valence-corrected chi connectivity index (χ0v) is 11.2. The summed E-state index contributed by atoms with van der Waals surface area (Å²) in [7, 11) is 0. The normalized spacial score (nSPS) is 11.8. The Bertz CT molecular complexity index is 834. The molecule has 7 heteroatoms. The first-order valence-electron chi connectivity index (χ1n) is 6.43. The maximum Gasteiger partial charge on any atom is 0.435 e. The third-order valence-electron chi connectivity index (χ3n) is 3.34. The van der Waals surface area contributed by atoms with Crippen molar-refractivity contribution in [3.63, 3.8) is 0 Å². The van der Waals surface area contributed by atoms with Crippen molar-refractivity contribution in [2.75, 3.05) is 0 Å². The van der Waals surface area contributed by atoms with Crippen LogP contribution in [-0.4, -0.2) is 21.3 Å². The number of aldehydes is 1. The van der Waals surface area contributed by atoms with Crippen molar-refractivity contribution in [3.8, 4) is 0 Å². The Morgan fingerprint density at radius 2 is 1.82 bits per heavy atom. The number of aromatic nitrogens is 3. The summed E-state index contributed by atoms with van der Waals surface area (Å²) in [5, 5.41) is 8.53. The molecule has 0 aliphatic carbocycles. The summed E-state index contributed by atoms with van der Waals surface area (Å²) < 4.78 is 40.0. The smallest absolute Gasteiger partial charge is 0.296 e. The molecule has 0 fully saturated rings. The van der Waals surface area contributed by atoms with Gasteiger partial charge in [0.05, 0.1) is 6.54 Å². The molecule has 0 bridgehead atoms. The van der Waals surface area contributed by atoms with Crippen molar-refractivity contribution in [3.05, 3.63) is 59.4 Å². The van der Waals surface area contributed by atoms with Crippen molar-refractivity contribution >= 4 is 17.1 Å². The minimum absolute atomic E-state index is 0.0649. The highest BCUT2D eigenvalue weighted by Crippen LogP contribution is 2.31. The zero-order valence-electron chi connectivity index (χ0n) is 11.2. The molecule has 0 atom stereocenters. The Balaban J connectivity index is 2.10. The molecule has 0 saturated heterocycles. The van der Waals surface area contributed by atoms with Crippen molar-refractivity contribution < 1.29 is 18.0 Å². The maximum atomic E-state index is 13.1. The minimum atomic E-state index is -4.69. The van der Waals surface area contributed by atoms with Crippen molar-refractivity contribution in [1.82, 2.24) is 15.0 Å². The first-order chi connectivity index (χ1) is 10.5. The van der Waals surface area contributed by atoms with Gasteiger partial charge in [-0.3, -0.25) is 4.79 Å². The van der Waals surface area contributed by atoms with Gasteiger partial charge in [0.1, 0.15) is 0 Å². The van der Waals surface area contributed by atoms with Crippen LogP contribution in [0.2, 0.25) is 0 Å². The summed E-state index contributed by atoms with van der Waals surface area (Å²) >= 11 is 0. The van der Waals surface area contributed by atoms with E-state index in [2.05, 4.69) is 10.3 Å². The Hall–Kier alpha value is -2.70. The lowest BCUT2D eigenvalue weighted by Gasteiger charge is -2.11. The number of hydrogen-bond donors (Lipinski definition) is 0. The topological polar surface area (TPSA) is 47.8 Å². The molecular weight excluding hydrogens is 295 g/mol.